The summed E-state index contributed by atoms with van der Waals surface area (Å²) in [6, 6.07) is 16.3. The summed E-state index contributed by atoms with van der Waals surface area (Å²) in [6.07, 6.45) is 0. The Bertz CT molecular complexity index is 523. The van der Waals surface area contributed by atoms with Crippen LogP contribution in [0.5, 0.6) is 11.5 Å². The SMILES string of the molecule is COc1ccc(OCC(=O)Nc2ccccc2)cc1. The zero-order valence-corrected chi connectivity index (χ0v) is 10.6. The van der Waals surface area contributed by atoms with Gasteiger partial charge in [-0.1, -0.05) is 18.2 Å². The highest BCUT2D eigenvalue weighted by Gasteiger charge is 2.03. The molecule has 0 unspecified atom stereocenters. The highest BCUT2D eigenvalue weighted by molar-refractivity contribution is 5.91. The Labute approximate surface area is 112 Å². The third kappa shape index (κ3) is 4.03. The van der Waals surface area contributed by atoms with Gasteiger partial charge in [-0.2, -0.15) is 0 Å². The maximum absolute atomic E-state index is 11.6. The van der Waals surface area contributed by atoms with Gasteiger partial charge in [0.1, 0.15) is 11.5 Å². The third-order valence-corrected chi connectivity index (χ3v) is 2.49. The van der Waals surface area contributed by atoms with Gasteiger partial charge in [0.25, 0.3) is 5.91 Å². The van der Waals surface area contributed by atoms with Gasteiger partial charge in [-0.3, -0.25) is 4.79 Å². The lowest BCUT2D eigenvalue weighted by molar-refractivity contribution is -0.118. The number of methoxy groups -OCH3 is 1. The molecule has 4 nitrogen and oxygen atoms in total. The monoisotopic (exact) mass is 257 g/mol. The van der Waals surface area contributed by atoms with Gasteiger partial charge in [-0.25, -0.2) is 0 Å². The number of benzene rings is 2. The van der Waals surface area contributed by atoms with E-state index in [1.165, 1.54) is 0 Å². The molecule has 0 saturated carbocycles. The van der Waals surface area contributed by atoms with Crippen LogP contribution in [0.2, 0.25) is 0 Å². The number of ether oxygens (including phenoxy) is 2. The van der Waals surface area contributed by atoms with Crippen molar-refractivity contribution in [3.63, 3.8) is 0 Å². The van der Waals surface area contributed by atoms with Gasteiger partial charge in [0, 0.05) is 5.69 Å². The van der Waals surface area contributed by atoms with E-state index >= 15 is 0 Å². The van der Waals surface area contributed by atoms with Gasteiger partial charge in [0.15, 0.2) is 6.61 Å². The topological polar surface area (TPSA) is 47.6 Å². The number of rotatable bonds is 5. The first-order chi connectivity index (χ1) is 9.28. The molecule has 98 valence electrons. The Balaban J connectivity index is 1.83. The minimum atomic E-state index is -0.193. The van der Waals surface area contributed by atoms with E-state index in [1.54, 1.807) is 31.4 Å². The molecule has 0 fully saturated rings. The maximum Gasteiger partial charge on any atom is 0.262 e. The molecule has 0 spiro atoms. The van der Waals surface area contributed by atoms with Crippen molar-refractivity contribution >= 4 is 11.6 Å². The molecule has 0 aliphatic carbocycles. The summed E-state index contributed by atoms with van der Waals surface area (Å²) < 4.78 is 10.4. The van der Waals surface area contributed by atoms with Crippen LogP contribution in [0.15, 0.2) is 54.6 Å². The molecule has 0 aromatic heterocycles. The van der Waals surface area contributed by atoms with Gasteiger partial charge in [-0.05, 0) is 36.4 Å². The van der Waals surface area contributed by atoms with Gasteiger partial charge in [0.05, 0.1) is 7.11 Å². The van der Waals surface area contributed by atoms with E-state index in [0.717, 1.165) is 11.4 Å². The summed E-state index contributed by atoms with van der Waals surface area (Å²) in [6.45, 7) is -0.0266. The van der Waals surface area contributed by atoms with Crippen LogP contribution in [-0.2, 0) is 4.79 Å². The van der Waals surface area contributed by atoms with Gasteiger partial charge in [0.2, 0.25) is 0 Å². The first kappa shape index (κ1) is 13.0. The van der Waals surface area contributed by atoms with Crippen LogP contribution in [-0.4, -0.2) is 19.6 Å². The molecule has 0 radical (unpaired) electrons. The van der Waals surface area contributed by atoms with Crippen molar-refractivity contribution in [2.24, 2.45) is 0 Å². The largest absolute Gasteiger partial charge is 0.497 e. The minimum Gasteiger partial charge on any atom is -0.497 e. The molecule has 0 bridgehead atoms. The van der Waals surface area contributed by atoms with E-state index < -0.39 is 0 Å². The standard InChI is InChI=1S/C15H15NO3/c1-18-13-7-9-14(10-8-13)19-11-15(17)16-12-5-3-2-4-6-12/h2-10H,11H2,1H3,(H,16,17). The molecule has 2 aromatic rings. The number of carbonyl (C=O) groups is 1. The second-order valence-electron chi connectivity index (χ2n) is 3.88. The molecular formula is C15H15NO3. The van der Waals surface area contributed by atoms with Crippen molar-refractivity contribution in [3.05, 3.63) is 54.6 Å². The number of nitrogens with one attached hydrogen (secondary N) is 1. The van der Waals surface area contributed by atoms with Crippen LogP contribution in [0.3, 0.4) is 0 Å². The van der Waals surface area contributed by atoms with Crippen molar-refractivity contribution < 1.29 is 14.3 Å². The Kier molecular flexibility index (Phi) is 4.39. The minimum absolute atomic E-state index is 0.0266. The average Bonchev–Trinajstić information content (AvgIpc) is 2.47. The predicted molar refractivity (Wildman–Crippen MR) is 73.6 cm³/mol. The number of hydrogen-bond donors (Lipinski definition) is 1. The van der Waals surface area contributed by atoms with Crippen molar-refractivity contribution in [2.75, 3.05) is 19.0 Å². The van der Waals surface area contributed by atoms with E-state index in [4.69, 9.17) is 9.47 Å². The van der Waals surface area contributed by atoms with Crippen LogP contribution in [0.4, 0.5) is 5.69 Å². The molecule has 0 heterocycles. The first-order valence-electron chi connectivity index (χ1n) is 5.89. The molecule has 0 saturated heterocycles. The highest BCUT2D eigenvalue weighted by atomic mass is 16.5. The van der Waals surface area contributed by atoms with Gasteiger partial charge >= 0.3 is 0 Å². The summed E-state index contributed by atoms with van der Waals surface area (Å²) in [5.41, 5.74) is 0.755. The highest BCUT2D eigenvalue weighted by Crippen LogP contribution is 2.16. The van der Waals surface area contributed by atoms with Crippen molar-refractivity contribution in [1.82, 2.24) is 0 Å². The maximum atomic E-state index is 11.6. The molecule has 1 N–H and O–H groups in total. The van der Waals surface area contributed by atoms with Crippen LogP contribution >= 0.6 is 0 Å². The van der Waals surface area contributed by atoms with Crippen LogP contribution in [0, 0.1) is 0 Å². The molecule has 4 heteroatoms. The van der Waals surface area contributed by atoms with Crippen LogP contribution < -0.4 is 14.8 Å². The molecular weight excluding hydrogens is 242 g/mol. The van der Waals surface area contributed by atoms with Crippen LogP contribution in [0.1, 0.15) is 0 Å². The molecule has 19 heavy (non-hydrogen) atoms. The Morgan fingerprint density at radius 2 is 1.63 bits per heavy atom. The normalized spacial score (nSPS) is 9.74. The first-order valence-corrected chi connectivity index (χ1v) is 5.89. The fraction of sp³-hybridized carbons (Fsp3) is 0.133. The lowest BCUT2D eigenvalue weighted by atomic mass is 10.3. The number of amides is 1. The summed E-state index contributed by atoms with van der Waals surface area (Å²) in [5.74, 6) is 1.19. The van der Waals surface area contributed by atoms with Crippen molar-refractivity contribution in [2.45, 2.75) is 0 Å². The van der Waals surface area contributed by atoms with Crippen molar-refractivity contribution in [1.29, 1.82) is 0 Å². The Morgan fingerprint density at radius 1 is 1.00 bits per heavy atom. The lowest BCUT2D eigenvalue weighted by Gasteiger charge is -2.08. The average molecular weight is 257 g/mol. The van der Waals surface area contributed by atoms with Crippen molar-refractivity contribution in [3.8, 4) is 11.5 Å². The van der Waals surface area contributed by atoms with Crippen LogP contribution in [0.25, 0.3) is 0 Å². The molecule has 2 rings (SSSR count). The lowest BCUT2D eigenvalue weighted by Crippen LogP contribution is -2.20. The summed E-state index contributed by atoms with van der Waals surface area (Å²) >= 11 is 0. The van der Waals surface area contributed by atoms with E-state index in [9.17, 15) is 4.79 Å². The zero-order valence-electron chi connectivity index (χ0n) is 10.6. The second kappa shape index (κ2) is 6.44. The van der Waals surface area contributed by atoms with Gasteiger partial charge in [-0.15, -0.1) is 0 Å². The Hall–Kier alpha value is -2.49. The number of para-hydroxylation sites is 1. The smallest absolute Gasteiger partial charge is 0.262 e. The zero-order chi connectivity index (χ0) is 13.5. The molecule has 1 amide bonds. The Morgan fingerprint density at radius 3 is 2.26 bits per heavy atom. The third-order valence-electron chi connectivity index (χ3n) is 2.49. The summed E-state index contributed by atoms with van der Waals surface area (Å²) in [7, 11) is 1.60. The fourth-order valence-electron chi connectivity index (χ4n) is 1.54. The van der Waals surface area contributed by atoms with Gasteiger partial charge < -0.3 is 14.8 Å². The summed E-state index contributed by atoms with van der Waals surface area (Å²) in [4.78, 5) is 11.6. The molecule has 0 aliphatic rings. The number of anilines is 1. The molecule has 0 atom stereocenters. The van der Waals surface area contributed by atoms with E-state index in [2.05, 4.69) is 5.32 Å². The second-order valence-corrected chi connectivity index (χ2v) is 3.88. The van der Waals surface area contributed by atoms with E-state index in [0.29, 0.717) is 5.75 Å². The molecule has 2 aromatic carbocycles. The number of hydrogen-bond acceptors (Lipinski definition) is 3. The fourth-order valence-corrected chi connectivity index (χ4v) is 1.54. The van der Waals surface area contributed by atoms with E-state index in [1.807, 2.05) is 30.3 Å². The van der Waals surface area contributed by atoms with E-state index in [-0.39, 0.29) is 12.5 Å². The summed E-state index contributed by atoms with van der Waals surface area (Å²) in [5, 5.41) is 2.75. The predicted octanol–water partition coefficient (Wildman–Crippen LogP) is 2.71. The quantitative estimate of drug-likeness (QED) is 0.895. The number of carbonyl (C=O) groups excluding carboxylic acids is 1. The molecule has 0 aliphatic heterocycles.